The summed E-state index contributed by atoms with van der Waals surface area (Å²) in [6.45, 7) is 1.94. The molecule has 210 valence electrons. The fourth-order valence-electron chi connectivity index (χ4n) is 4.43. The second-order valence-electron chi connectivity index (χ2n) is 11.0. The van der Waals surface area contributed by atoms with E-state index in [0.717, 1.165) is 55.7 Å². The molecule has 3 aromatic carbocycles. The Morgan fingerprint density at radius 2 is 1.38 bits per heavy atom. The van der Waals surface area contributed by atoms with Gasteiger partial charge in [0.2, 0.25) is 0 Å². The van der Waals surface area contributed by atoms with Gasteiger partial charge in [0, 0.05) is 18.0 Å². The minimum absolute atomic E-state index is 0.0926. The minimum atomic E-state index is -0.0926. The molecule has 0 bridgehead atoms. The number of rotatable bonds is 17. The van der Waals surface area contributed by atoms with Gasteiger partial charge in [0.05, 0.1) is 27.7 Å². The minimum Gasteiger partial charge on any atom is -0.494 e. The van der Waals surface area contributed by atoms with Gasteiger partial charge in [-0.2, -0.15) is 0 Å². The largest absolute Gasteiger partial charge is 0.494 e. The van der Waals surface area contributed by atoms with E-state index >= 15 is 0 Å². The molecule has 1 unspecified atom stereocenters. The van der Waals surface area contributed by atoms with Crippen LogP contribution in [-0.4, -0.2) is 50.7 Å². The van der Waals surface area contributed by atoms with Gasteiger partial charge in [-0.25, -0.2) is 0 Å². The molecule has 3 aromatic rings. The Morgan fingerprint density at radius 1 is 0.769 bits per heavy atom. The van der Waals surface area contributed by atoms with Crippen LogP contribution < -0.4 is 14.8 Å². The summed E-state index contributed by atoms with van der Waals surface area (Å²) in [5.41, 5.74) is 2.24. The molecular formula is C33H44ClN2O3+. The molecule has 0 heterocycles. The Hall–Kier alpha value is -3.02. The van der Waals surface area contributed by atoms with Crippen molar-refractivity contribution in [2.24, 2.45) is 0 Å². The molecule has 5 nitrogen and oxygen atoms in total. The predicted molar refractivity (Wildman–Crippen MR) is 160 cm³/mol. The van der Waals surface area contributed by atoms with Crippen LogP contribution >= 0.6 is 11.6 Å². The van der Waals surface area contributed by atoms with Gasteiger partial charge in [0.1, 0.15) is 18.1 Å². The Morgan fingerprint density at radius 3 is 2.05 bits per heavy atom. The normalized spacial score (nSPS) is 12.1. The summed E-state index contributed by atoms with van der Waals surface area (Å²) in [7, 11) is 6.26. The maximum atomic E-state index is 12.9. The maximum absolute atomic E-state index is 12.9. The Balaban J connectivity index is 1.21. The zero-order valence-electron chi connectivity index (χ0n) is 23.7. The lowest BCUT2D eigenvalue weighted by atomic mass is 10.0. The highest BCUT2D eigenvalue weighted by atomic mass is 35.5. The van der Waals surface area contributed by atoms with Crippen molar-refractivity contribution in [1.82, 2.24) is 5.32 Å². The van der Waals surface area contributed by atoms with Crippen LogP contribution in [0, 0.1) is 0 Å². The van der Waals surface area contributed by atoms with Crippen molar-refractivity contribution in [3.8, 4) is 11.5 Å². The molecule has 6 heteroatoms. The average Bonchev–Trinajstić information content (AvgIpc) is 2.92. The van der Waals surface area contributed by atoms with E-state index in [9.17, 15) is 4.79 Å². The zero-order valence-corrected chi connectivity index (χ0v) is 24.5. The van der Waals surface area contributed by atoms with E-state index in [1.807, 2.05) is 66.7 Å². The number of nitrogens with one attached hydrogen (secondary N) is 1. The summed E-state index contributed by atoms with van der Waals surface area (Å²) in [6, 6.07) is 25.6. The number of carbonyl (C=O) groups excluding carboxylic acids is 1. The first-order valence-electron chi connectivity index (χ1n) is 14.0. The number of hydrogen-bond donors (Lipinski definition) is 1. The lowest BCUT2D eigenvalue weighted by Gasteiger charge is -2.33. The molecule has 39 heavy (non-hydrogen) atoms. The third kappa shape index (κ3) is 11.7. The molecule has 3 rings (SSSR count). The molecule has 0 saturated carbocycles. The van der Waals surface area contributed by atoms with Gasteiger partial charge >= 0.3 is 0 Å². The van der Waals surface area contributed by atoms with Crippen LogP contribution in [0.15, 0.2) is 78.9 Å². The highest BCUT2D eigenvalue weighted by Gasteiger charge is 2.31. The Labute approximate surface area is 239 Å². The highest BCUT2D eigenvalue weighted by molar-refractivity contribution is 6.30. The van der Waals surface area contributed by atoms with Crippen molar-refractivity contribution in [3.05, 3.63) is 95.0 Å². The number of unbranched alkanes of at least 4 members (excludes halogenated alkanes) is 5. The van der Waals surface area contributed by atoms with E-state index < -0.39 is 0 Å². The number of carbonyl (C=O) groups is 1. The molecule has 0 aliphatic heterocycles. The third-order valence-electron chi connectivity index (χ3n) is 6.77. The van der Waals surface area contributed by atoms with E-state index in [1.165, 1.54) is 18.4 Å². The van der Waals surface area contributed by atoms with Gasteiger partial charge in [-0.3, -0.25) is 4.79 Å². The molecule has 1 atom stereocenters. The SMILES string of the molecule is C[N+](C)(C)C(Cc1ccccc1)C(=O)NCCCCCCCCOc1ccc(OCc2cccc(Cl)c2)cc1. The van der Waals surface area contributed by atoms with Gasteiger partial charge in [0.25, 0.3) is 5.91 Å². The summed E-state index contributed by atoms with van der Waals surface area (Å²) < 4.78 is 12.3. The van der Waals surface area contributed by atoms with Crippen LogP contribution in [0.4, 0.5) is 0 Å². The molecule has 0 spiro atoms. The van der Waals surface area contributed by atoms with Gasteiger partial charge < -0.3 is 19.3 Å². The first-order chi connectivity index (χ1) is 18.8. The Kier molecular flexibility index (Phi) is 12.7. The summed E-state index contributed by atoms with van der Waals surface area (Å²) in [5, 5.41) is 3.89. The van der Waals surface area contributed by atoms with Crippen molar-refractivity contribution in [2.45, 2.75) is 57.6 Å². The van der Waals surface area contributed by atoms with Crippen LogP contribution in [0.1, 0.15) is 49.7 Å². The fraction of sp³-hybridized carbons (Fsp3) is 0.424. The average molecular weight is 552 g/mol. The molecule has 0 saturated heterocycles. The van der Waals surface area contributed by atoms with Crippen molar-refractivity contribution < 1.29 is 18.8 Å². The second kappa shape index (κ2) is 16.2. The third-order valence-corrected chi connectivity index (χ3v) is 7.00. The highest BCUT2D eigenvalue weighted by Crippen LogP contribution is 2.20. The van der Waals surface area contributed by atoms with E-state index in [-0.39, 0.29) is 11.9 Å². The predicted octanol–water partition coefficient (Wildman–Crippen LogP) is 7.07. The lowest BCUT2D eigenvalue weighted by Crippen LogP contribution is -2.55. The summed E-state index contributed by atoms with van der Waals surface area (Å²) >= 11 is 6.02. The first-order valence-corrected chi connectivity index (χ1v) is 14.4. The van der Waals surface area contributed by atoms with E-state index in [4.69, 9.17) is 21.1 Å². The summed E-state index contributed by atoms with van der Waals surface area (Å²) in [5.74, 6) is 1.81. The van der Waals surface area contributed by atoms with Gasteiger partial charge in [-0.05, 0) is 60.4 Å². The molecule has 1 amide bonds. The topological polar surface area (TPSA) is 47.6 Å². The number of benzene rings is 3. The lowest BCUT2D eigenvalue weighted by molar-refractivity contribution is -0.886. The molecule has 1 N–H and O–H groups in total. The maximum Gasteiger partial charge on any atom is 0.278 e. The van der Waals surface area contributed by atoms with Crippen molar-refractivity contribution in [3.63, 3.8) is 0 Å². The van der Waals surface area contributed by atoms with Crippen molar-refractivity contribution in [2.75, 3.05) is 34.3 Å². The first kappa shape index (κ1) is 30.5. The zero-order chi connectivity index (χ0) is 27.9. The van der Waals surface area contributed by atoms with Crippen LogP contribution in [0.5, 0.6) is 11.5 Å². The summed E-state index contributed by atoms with van der Waals surface area (Å²) in [4.78, 5) is 12.9. The quantitative estimate of drug-likeness (QED) is 0.144. The second-order valence-corrected chi connectivity index (χ2v) is 11.4. The summed E-state index contributed by atoms with van der Waals surface area (Å²) in [6.07, 6.45) is 7.44. The molecule has 0 fully saturated rings. The van der Waals surface area contributed by atoms with Crippen molar-refractivity contribution in [1.29, 1.82) is 0 Å². The molecule has 0 aliphatic rings. The monoisotopic (exact) mass is 551 g/mol. The number of likely N-dealkylation sites (N-methyl/N-ethyl adjacent to an activating group) is 1. The molecule has 0 aromatic heterocycles. The molecule has 0 aliphatic carbocycles. The van der Waals surface area contributed by atoms with Crippen LogP contribution in [0.25, 0.3) is 0 Å². The fourth-order valence-corrected chi connectivity index (χ4v) is 4.65. The number of halogens is 1. The van der Waals surface area contributed by atoms with Gasteiger partial charge in [-0.1, -0.05) is 79.7 Å². The molecule has 0 radical (unpaired) electrons. The number of hydrogen-bond acceptors (Lipinski definition) is 3. The number of ether oxygens (including phenoxy) is 2. The molecular weight excluding hydrogens is 508 g/mol. The van der Waals surface area contributed by atoms with E-state index in [2.05, 4.69) is 38.6 Å². The van der Waals surface area contributed by atoms with E-state index in [0.29, 0.717) is 22.7 Å². The number of quaternary nitrogens is 1. The van der Waals surface area contributed by atoms with Gasteiger partial charge in [-0.15, -0.1) is 0 Å². The number of amides is 1. The number of nitrogens with zero attached hydrogens (tertiary/aromatic N) is 1. The Bertz CT molecular complexity index is 1110. The van der Waals surface area contributed by atoms with Crippen LogP contribution in [0.3, 0.4) is 0 Å². The van der Waals surface area contributed by atoms with Crippen molar-refractivity contribution >= 4 is 17.5 Å². The smallest absolute Gasteiger partial charge is 0.278 e. The standard InChI is InChI=1S/C33H43ClN2O3/c1-36(2,3)32(25-27-14-9-8-10-15-27)33(37)35-22-11-6-4-5-7-12-23-38-30-18-20-31(21-19-30)39-26-28-16-13-17-29(34)24-28/h8-10,13-21,24,32H,4-7,11-12,22-23,25-26H2,1-3H3/p+1. The van der Waals surface area contributed by atoms with Crippen LogP contribution in [-0.2, 0) is 17.8 Å². The van der Waals surface area contributed by atoms with E-state index in [1.54, 1.807) is 0 Å². The van der Waals surface area contributed by atoms with Crippen LogP contribution in [0.2, 0.25) is 5.02 Å². The van der Waals surface area contributed by atoms with Gasteiger partial charge in [0.15, 0.2) is 6.04 Å².